The predicted octanol–water partition coefficient (Wildman–Crippen LogP) is 1.29. The summed E-state index contributed by atoms with van der Waals surface area (Å²) in [6, 6.07) is 3.18. The second-order valence-electron chi connectivity index (χ2n) is 6.41. The minimum Gasteiger partial charge on any atom is -0.344 e. The number of piperidine rings is 1. The molecule has 0 unspecified atom stereocenters. The highest BCUT2D eigenvalue weighted by molar-refractivity contribution is 5.99. The molecule has 7 heteroatoms. The fourth-order valence-corrected chi connectivity index (χ4v) is 3.26. The lowest BCUT2D eigenvalue weighted by Gasteiger charge is -2.32. The Bertz CT molecular complexity index is 784. The number of pyridine rings is 1. The van der Waals surface area contributed by atoms with Crippen LogP contribution in [0, 0.1) is 13.8 Å². The summed E-state index contributed by atoms with van der Waals surface area (Å²) in [5.41, 5.74) is 3.51. The molecule has 1 N–H and O–H groups in total. The molecule has 7 nitrogen and oxygen atoms in total. The van der Waals surface area contributed by atoms with Gasteiger partial charge in [-0.1, -0.05) is 0 Å². The van der Waals surface area contributed by atoms with Gasteiger partial charge in [0.25, 0.3) is 0 Å². The Morgan fingerprint density at radius 3 is 2.84 bits per heavy atom. The molecule has 132 valence electrons. The van der Waals surface area contributed by atoms with Crippen LogP contribution in [0.15, 0.2) is 24.5 Å². The SMILES string of the molecule is Cc1nn(C)c(C)c1CC(=O)N[C@H]1CCCN(c2cccnc2)C1=O. The highest BCUT2D eigenvalue weighted by atomic mass is 16.2. The molecule has 2 amide bonds. The first kappa shape index (κ1) is 17.1. The Labute approximate surface area is 147 Å². The Morgan fingerprint density at radius 1 is 1.40 bits per heavy atom. The number of amides is 2. The molecule has 3 rings (SSSR count). The van der Waals surface area contributed by atoms with Gasteiger partial charge in [0.2, 0.25) is 11.8 Å². The molecular weight excluding hydrogens is 318 g/mol. The zero-order valence-corrected chi connectivity index (χ0v) is 14.8. The predicted molar refractivity (Wildman–Crippen MR) is 94.1 cm³/mol. The maximum absolute atomic E-state index is 12.7. The molecule has 3 heterocycles. The average molecular weight is 341 g/mol. The van der Waals surface area contributed by atoms with Gasteiger partial charge in [-0.15, -0.1) is 0 Å². The molecule has 0 aliphatic carbocycles. The number of aryl methyl sites for hydroxylation is 2. The van der Waals surface area contributed by atoms with Crippen molar-refractivity contribution in [3.63, 3.8) is 0 Å². The van der Waals surface area contributed by atoms with Gasteiger partial charge in [-0.05, 0) is 38.8 Å². The lowest BCUT2D eigenvalue weighted by molar-refractivity contribution is -0.128. The summed E-state index contributed by atoms with van der Waals surface area (Å²) in [6.07, 6.45) is 5.09. The Morgan fingerprint density at radius 2 is 2.20 bits per heavy atom. The van der Waals surface area contributed by atoms with Crippen LogP contribution in [0.25, 0.3) is 0 Å². The molecule has 2 aromatic rings. The van der Waals surface area contributed by atoms with Crippen LogP contribution in [-0.4, -0.2) is 39.2 Å². The van der Waals surface area contributed by atoms with E-state index in [0.717, 1.165) is 29.1 Å². The molecule has 25 heavy (non-hydrogen) atoms. The van der Waals surface area contributed by atoms with E-state index in [0.29, 0.717) is 13.0 Å². The van der Waals surface area contributed by atoms with E-state index in [1.807, 2.05) is 27.0 Å². The number of anilines is 1. The van der Waals surface area contributed by atoms with Crippen molar-refractivity contribution in [1.82, 2.24) is 20.1 Å². The maximum Gasteiger partial charge on any atom is 0.249 e. The van der Waals surface area contributed by atoms with Crippen molar-refractivity contribution in [2.24, 2.45) is 7.05 Å². The summed E-state index contributed by atoms with van der Waals surface area (Å²) < 4.78 is 1.77. The van der Waals surface area contributed by atoms with Crippen LogP contribution < -0.4 is 10.2 Å². The molecule has 0 radical (unpaired) electrons. The molecule has 0 spiro atoms. The first-order valence-corrected chi connectivity index (χ1v) is 8.47. The van der Waals surface area contributed by atoms with E-state index in [1.54, 1.807) is 28.0 Å². The van der Waals surface area contributed by atoms with Gasteiger partial charge in [-0.2, -0.15) is 5.10 Å². The van der Waals surface area contributed by atoms with E-state index in [-0.39, 0.29) is 18.2 Å². The third-order valence-electron chi connectivity index (χ3n) is 4.73. The highest BCUT2D eigenvalue weighted by Crippen LogP contribution is 2.20. The molecule has 1 aliphatic rings. The largest absolute Gasteiger partial charge is 0.344 e. The molecule has 1 atom stereocenters. The number of hydrogen-bond acceptors (Lipinski definition) is 4. The second kappa shape index (κ2) is 7.04. The quantitative estimate of drug-likeness (QED) is 0.909. The average Bonchev–Trinajstić information content (AvgIpc) is 2.84. The number of rotatable bonds is 4. The van der Waals surface area contributed by atoms with Crippen molar-refractivity contribution in [3.8, 4) is 0 Å². The van der Waals surface area contributed by atoms with E-state index >= 15 is 0 Å². The minimum atomic E-state index is -0.487. The third-order valence-corrected chi connectivity index (χ3v) is 4.73. The normalized spacial score (nSPS) is 17.6. The number of carbonyl (C=O) groups excluding carboxylic acids is 2. The van der Waals surface area contributed by atoms with Crippen LogP contribution in [-0.2, 0) is 23.1 Å². The number of aromatic nitrogens is 3. The maximum atomic E-state index is 12.7. The number of hydrogen-bond donors (Lipinski definition) is 1. The minimum absolute atomic E-state index is 0.0766. The lowest BCUT2D eigenvalue weighted by atomic mass is 10.0. The van der Waals surface area contributed by atoms with Crippen molar-refractivity contribution in [2.75, 3.05) is 11.4 Å². The van der Waals surface area contributed by atoms with Crippen molar-refractivity contribution < 1.29 is 9.59 Å². The standard InChI is InChI=1S/C18H23N5O2/c1-12-15(13(2)22(3)21-12)10-17(24)20-16-7-5-9-23(18(16)25)14-6-4-8-19-11-14/h4,6,8,11,16H,5,7,9-10H2,1-3H3,(H,20,24)/t16-/m0/s1. The smallest absolute Gasteiger partial charge is 0.249 e. The van der Waals surface area contributed by atoms with Crippen LogP contribution in [0.1, 0.15) is 29.8 Å². The fourth-order valence-electron chi connectivity index (χ4n) is 3.26. The van der Waals surface area contributed by atoms with Crippen molar-refractivity contribution >= 4 is 17.5 Å². The van der Waals surface area contributed by atoms with Crippen LogP contribution in [0.4, 0.5) is 5.69 Å². The molecule has 1 aliphatic heterocycles. The summed E-state index contributed by atoms with van der Waals surface area (Å²) in [6.45, 7) is 4.49. The van der Waals surface area contributed by atoms with E-state index in [4.69, 9.17) is 0 Å². The molecule has 1 fully saturated rings. The van der Waals surface area contributed by atoms with Gasteiger partial charge in [0.1, 0.15) is 6.04 Å². The summed E-state index contributed by atoms with van der Waals surface area (Å²) in [4.78, 5) is 30.9. The molecular formula is C18H23N5O2. The van der Waals surface area contributed by atoms with Gasteiger partial charge in [0.15, 0.2) is 0 Å². The molecule has 0 aromatic carbocycles. The van der Waals surface area contributed by atoms with E-state index in [2.05, 4.69) is 15.4 Å². The van der Waals surface area contributed by atoms with E-state index < -0.39 is 6.04 Å². The molecule has 0 saturated carbocycles. The Hall–Kier alpha value is -2.70. The zero-order chi connectivity index (χ0) is 18.0. The van der Waals surface area contributed by atoms with Crippen LogP contribution in [0.3, 0.4) is 0 Å². The Balaban J connectivity index is 1.67. The van der Waals surface area contributed by atoms with E-state index in [1.165, 1.54) is 0 Å². The first-order chi connectivity index (χ1) is 12.0. The van der Waals surface area contributed by atoms with Gasteiger partial charge in [0.05, 0.1) is 24.0 Å². The van der Waals surface area contributed by atoms with Crippen molar-refractivity contribution in [1.29, 1.82) is 0 Å². The third kappa shape index (κ3) is 3.55. The molecule has 0 bridgehead atoms. The van der Waals surface area contributed by atoms with Crippen molar-refractivity contribution in [2.45, 2.75) is 39.2 Å². The van der Waals surface area contributed by atoms with Gasteiger partial charge in [0, 0.05) is 31.0 Å². The monoisotopic (exact) mass is 341 g/mol. The molecule has 1 saturated heterocycles. The summed E-state index contributed by atoms with van der Waals surface area (Å²) in [5, 5.41) is 7.22. The van der Waals surface area contributed by atoms with Gasteiger partial charge < -0.3 is 10.2 Å². The number of nitrogens with zero attached hydrogens (tertiary/aromatic N) is 4. The Kier molecular flexibility index (Phi) is 4.83. The fraction of sp³-hybridized carbons (Fsp3) is 0.444. The lowest BCUT2D eigenvalue weighted by Crippen LogP contribution is -2.52. The summed E-state index contributed by atoms with van der Waals surface area (Å²) >= 11 is 0. The topological polar surface area (TPSA) is 80.1 Å². The van der Waals surface area contributed by atoms with Crippen molar-refractivity contribution in [3.05, 3.63) is 41.5 Å². The van der Waals surface area contributed by atoms with Crippen LogP contribution in [0.5, 0.6) is 0 Å². The highest BCUT2D eigenvalue weighted by Gasteiger charge is 2.31. The van der Waals surface area contributed by atoms with Crippen LogP contribution >= 0.6 is 0 Å². The van der Waals surface area contributed by atoms with Gasteiger partial charge in [-0.25, -0.2) is 0 Å². The first-order valence-electron chi connectivity index (χ1n) is 8.47. The second-order valence-corrected chi connectivity index (χ2v) is 6.41. The summed E-state index contributed by atoms with van der Waals surface area (Å²) in [5.74, 6) is -0.224. The molecule has 2 aromatic heterocycles. The van der Waals surface area contributed by atoms with Gasteiger partial charge >= 0.3 is 0 Å². The van der Waals surface area contributed by atoms with Gasteiger partial charge in [-0.3, -0.25) is 19.3 Å². The van der Waals surface area contributed by atoms with Crippen LogP contribution in [0.2, 0.25) is 0 Å². The number of nitrogens with one attached hydrogen (secondary N) is 1. The number of carbonyl (C=O) groups is 2. The van der Waals surface area contributed by atoms with E-state index in [9.17, 15) is 9.59 Å². The summed E-state index contributed by atoms with van der Waals surface area (Å²) in [7, 11) is 1.86. The zero-order valence-electron chi connectivity index (χ0n) is 14.8.